The number of hydrogen-bond donors (Lipinski definition) is 3. The highest BCUT2D eigenvalue weighted by molar-refractivity contribution is 6.40. The molecule has 0 atom stereocenters. The molecule has 0 radical (unpaired) electrons. The van der Waals surface area contributed by atoms with Crippen molar-refractivity contribution in [3.63, 3.8) is 0 Å². The van der Waals surface area contributed by atoms with Crippen LogP contribution < -0.4 is 10.6 Å². The minimum atomic E-state index is -1.07. The first-order valence-electron chi connectivity index (χ1n) is 5.77. The van der Waals surface area contributed by atoms with Gasteiger partial charge >= 0.3 is 11.8 Å². The fraction of sp³-hybridized carbons (Fsp3) is 0.385. The Hall–Kier alpha value is -1.59. The standard InChI is InChI=1S/C13H17ClN2O3/c1-8-4-5-9(14)6-10(8)16-12(18)11(17)15-7-13(2,3)19/h4-6,19H,7H2,1-3H3,(H,15,17)(H,16,18). The van der Waals surface area contributed by atoms with E-state index in [1.165, 1.54) is 13.8 Å². The fourth-order valence-corrected chi connectivity index (χ4v) is 1.46. The second kappa shape index (κ2) is 6.04. The molecule has 0 fully saturated rings. The molecule has 6 heteroatoms. The van der Waals surface area contributed by atoms with Gasteiger partial charge in [-0.05, 0) is 38.5 Å². The molecular formula is C13H17ClN2O3. The van der Waals surface area contributed by atoms with E-state index in [9.17, 15) is 14.7 Å². The average Bonchev–Trinajstić information content (AvgIpc) is 2.29. The Kier molecular flexibility index (Phi) is 4.91. The van der Waals surface area contributed by atoms with Gasteiger partial charge in [-0.2, -0.15) is 0 Å². The van der Waals surface area contributed by atoms with E-state index in [0.29, 0.717) is 10.7 Å². The van der Waals surface area contributed by atoms with Gasteiger partial charge in [-0.15, -0.1) is 0 Å². The summed E-state index contributed by atoms with van der Waals surface area (Å²) >= 11 is 5.82. The lowest BCUT2D eigenvalue weighted by atomic mass is 10.1. The second-order valence-corrected chi connectivity index (χ2v) is 5.34. The summed E-state index contributed by atoms with van der Waals surface area (Å²) in [5.74, 6) is -1.60. The third-order valence-electron chi connectivity index (χ3n) is 2.34. The van der Waals surface area contributed by atoms with Gasteiger partial charge in [-0.3, -0.25) is 9.59 Å². The largest absolute Gasteiger partial charge is 0.389 e. The van der Waals surface area contributed by atoms with Gasteiger partial charge in [0.1, 0.15) is 0 Å². The van der Waals surface area contributed by atoms with E-state index < -0.39 is 17.4 Å². The van der Waals surface area contributed by atoms with E-state index in [-0.39, 0.29) is 6.54 Å². The zero-order valence-electron chi connectivity index (χ0n) is 11.1. The number of benzene rings is 1. The molecule has 0 aliphatic heterocycles. The summed E-state index contributed by atoms with van der Waals surface area (Å²) in [5, 5.41) is 14.7. The maximum absolute atomic E-state index is 11.6. The predicted molar refractivity (Wildman–Crippen MR) is 74.1 cm³/mol. The number of halogens is 1. The lowest BCUT2D eigenvalue weighted by Crippen LogP contribution is -2.43. The highest BCUT2D eigenvalue weighted by atomic mass is 35.5. The van der Waals surface area contributed by atoms with Gasteiger partial charge in [-0.25, -0.2) is 0 Å². The van der Waals surface area contributed by atoms with Crippen LogP contribution in [-0.2, 0) is 9.59 Å². The maximum Gasteiger partial charge on any atom is 0.313 e. The van der Waals surface area contributed by atoms with Crippen molar-refractivity contribution < 1.29 is 14.7 Å². The summed E-state index contributed by atoms with van der Waals surface area (Å²) in [7, 11) is 0. The molecule has 0 aliphatic carbocycles. The first kappa shape index (κ1) is 15.5. The van der Waals surface area contributed by atoms with Gasteiger partial charge < -0.3 is 15.7 Å². The Morgan fingerprint density at radius 2 is 1.95 bits per heavy atom. The van der Waals surface area contributed by atoms with Crippen LogP contribution in [0.1, 0.15) is 19.4 Å². The monoisotopic (exact) mass is 284 g/mol. The van der Waals surface area contributed by atoms with Crippen LogP contribution in [0.4, 0.5) is 5.69 Å². The molecule has 0 bridgehead atoms. The number of rotatable bonds is 3. The number of carbonyl (C=O) groups is 2. The number of carbonyl (C=O) groups excluding carboxylic acids is 2. The molecule has 1 rings (SSSR count). The predicted octanol–water partition coefficient (Wildman–Crippen LogP) is 1.47. The molecule has 0 spiro atoms. The molecule has 1 aromatic carbocycles. The van der Waals surface area contributed by atoms with Crippen LogP contribution in [0.15, 0.2) is 18.2 Å². The minimum Gasteiger partial charge on any atom is -0.389 e. The Morgan fingerprint density at radius 3 is 2.53 bits per heavy atom. The highest BCUT2D eigenvalue weighted by Gasteiger charge is 2.19. The molecule has 1 aromatic rings. The molecule has 0 unspecified atom stereocenters. The minimum absolute atomic E-state index is 0.00617. The maximum atomic E-state index is 11.6. The third kappa shape index (κ3) is 5.28. The summed E-state index contributed by atoms with van der Waals surface area (Å²) in [5.41, 5.74) is 0.214. The lowest BCUT2D eigenvalue weighted by Gasteiger charge is -2.17. The number of anilines is 1. The molecule has 0 saturated heterocycles. The van der Waals surface area contributed by atoms with Crippen molar-refractivity contribution in [2.75, 3.05) is 11.9 Å². The molecule has 0 aliphatic rings. The number of nitrogens with one attached hydrogen (secondary N) is 2. The summed E-state index contributed by atoms with van der Waals surface area (Å²) in [4.78, 5) is 23.2. The molecule has 0 saturated carbocycles. The van der Waals surface area contributed by atoms with E-state index in [1.807, 2.05) is 0 Å². The van der Waals surface area contributed by atoms with Crippen LogP contribution in [0.2, 0.25) is 5.02 Å². The van der Waals surface area contributed by atoms with Crippen LogP contribution >= 0.6 is 11.6 Å². The van der Waals surface area contributed by atoms with Gasteiger partial charge in [-0.1, -0.05) is 17.7 Å². The van der Waals surface area contributed by atoms with Crippen molar-refractivity contribution in [2.45, 2.75) is 26.4 Å². The zero-order valence-corrected chi connectivity index (χ0v) is 11.8. The zero-order chi connectivity index (χ0) is 14.6. The SMILES string of the molecule is Cc1ccc(Cl)cc1NC(=O)C(=O)NCC(C)(C)O. The van der Waals surface area contributed by atoms with Crippen molar-refractivity contribution in [3.05, 3.63) is 28.8 Å². The Labute approximate surface area is 117 Å². The summed E-state index contributed by atoms with van der Waals surface area (Å²) in [6, 6.07) is 5.01. The molecule has 104 valence electrons. The highest BCUT2D eigenvalue weighted by Crippen LogP contribution is 2.19. The van der Waals surface area contributed by atoms with Gasteiger partial charge in [0.25, 0.3) is 0 Å². The molecule has 19 heavy (non-hydrogen) atoms. The topological polar surface area (TPSA) is 78.4 Å². The number of aryl methyl sites for hydroxylation is 1. The summed E-state index contributed by atoms with van der Waals surface area (Å²) < 4.78 is 0. The van der Waals surface area contributed by atoms with Crippen molar-refractivity contribution in [3.8, 4) is 0 Å². The van der Waals surface area contributed by atoms with E-state index >= 15 is 0 Å². The van der Waals surface area contributed by atoms with Crippen LogP contribution in [0.25, 0.3) is 0 Å². The smallest absolute Gasteiger partial charge is 0.313 e. The van der Waals surface area contributed by atoms with Crippen LogP contribution in [0, 0.1) is 6.92 Å². The van der Waals surface area contributed by atoms with Gasteiger partial charge in [0.15, 0.2) is 0 Å². The van der Waals surface area contributed by atoms with Crippen LogP contribution in [-0.4, -0.2) is 29.1 Å². The number of amides is 2. The third-order valence-corrected chi connectivity index (χ3v) is 2.57. The van der Waals surface area contributed by atoms with Crippen molar-refractivity contribution >= 4 is 29.1 Å². The Balaban J connectivity index is 2.64. The number of aliphatic hydroxyl groups is 1. The lowest BCUT2D eigenvalue weighted by molar-refractivity contribution is -0.136. The molecule has 0 heterocycles. The van der Waals surface area contributed by atoms with E-state index in [1.54, 1.807) is 25.1 Å². The summed E-state index contributed by atoms with van der Waals surface area (Å²) in [6.07, 6.45) is 0. The molecule has 5 nitrogen and oxygen atoms in total. The van der Waals surface area contributed by atoms with Crippen molar-refractivity contribution in [2.24, 2.45) is 0 Å². The normalized spacial score (nSPS) is 11.0. The quantitative estimate of drug-likeness (QED) is 0.736. The summed E-state index contributed by atoms with van der Waals surface area (Å²) in [6.45, 7) is 4.85. The second-order valence-electron chi connectivity index (χ2n) is 4.91. The van der Waals surface area contributed by atoms with Crippen LogP contribution in [0.5, 0.6) is 0 Å². The Morgan fingerprint density at radius 1 is 1.32 bits per heavy atom. The van der Waals surface area contributed by atoms with Crippen molar-refractivity contribution in [1.82, 2.24) is 5.32 Å². The molecular weight excluding hydrogens is 268 g/mol. The van der Waals surface area contributed by atoms with E-state index in [0.717, 1.165) is 5.56 Å². The number of hydrogen-bond acceptors (Lipinski definition) is 3. The van der Waals surface area contributed by atoms with Crippen molar-refractivity contribution in [1.29, 1.82) is 0 Å². The first-order valence-corrected chi connectivity index (χ1v) is 6.14. The molecule has 2 amide bonds. The fourth-order valence-electron chi connectivity index (χ4n) is 1.28. The first-order chi connectivity index (χ1) is 8.69. The average molecular weight is 285 g/mol. The van der Waals surface area contributed by atoms with E-state index in [4.69, 9.17) is 11.6 Å². The van der Waals surface area contributed by atoms with E-state index in [2.05, 4.69) is 10.6 Å². The van der Waals surface area contributed by atoms with Gasteiger partial charge in [0.2, 0.25) is 0 Å². The van der Waals surface area contributed by atoms with Gasteiger partial charge in [0.05, 0.1) is 5.60 Å². The Bertz CT molecular complexity index is 495. The van der Waals surface area contributed by atoms with Crippen LogP contribution in [0.3, 0.4) is 0 Å². The van der Waals surface area contributed by atoms with Gasteiger partial charge in [0, 0.05) is 17.3 Å². The molecule has 3 N–H and O–H groups in total. The molecule has 0 aromatic heterocycles.